The van der Waals surface area contributed by atoms with Crippen LogP contribution in [-0.4, -0.2) is 13.1 Å². The average molecular weight is 169 g/mol. The molecule has 0 aliphatic carbocycles. The van der Waals surface area contributed by atoms with Crippen molar-refractivity contribution in [1.29, 1.82) is 0 Å². The van der Waals surface area contributed by atoms with Gasteiger partial charge in [-0.15, -0.1) is 0 Å². The van der Waals surface area contributed by atoms with Crippen molar-refractivity contribution in [3.05, 3.63) is 0 Å². The van der Waals surface area contributed by atoms with Crippen LogP contribution in [0.15, 0.2) is 0 Å². The van der Waals surface area contributed by atoms with E-state index < -0.39 is 0 Å². The zero-order chi connectivity index (χ0) is 9.03. The zero-order valence-electron chi connectivity index (χ0n) is 8.82. The number of hydrogen-bond acceptors (Lipinski definition) is 1. The minimum atomic E-state index is 0.689. The lowest BCUT2D eigenvalue weighted by Gasteiger charge is -2.42. The normalized spacial score (nSPS) is 21.0. The van der Waals surface area contributed by atoms with E-state index in [9.17, 15) is 0 Å². The number of hydrogen-bond donors (Lipinski definition) is 1. The van der Waals surface area contributed by atoms with Crippen molar-refractivity contribution in [2.45, 2.75) is 46.5 Å². The van der Waals surface area contributed by atoms with Gasteiger partial charge in [0.05, 0.1) is 0 Å². The van der Waals surface area contributed by atoms with Gasteiger partial charge >= 0.3 is 0 Å². The van der Waals surface area contributed by atoms with Crippen molar-refractivity contribution >= 4 is 0 Å². The topological polar surface area (TPSA) is 12.0 Å². The molecule has 72 valence electrons. The fourth-order valence-electron chi connectivity index (χ4n) is 1.97. The smallest absolute Gasteiger partial charge is 0.00201 e. The Kier molecular flexibility index (Phi) is 3.57. The summed E-state index contributed by atoms with van der Waals surface area (Å²) in [6, 6.07) is 0. The number of nitrogens with one attached hydrogen (secondary N) is 1. The molecule has 0 atom stereocenters. The summed E-state index contributed by atoms with van der Waals surface area (Å²) < 4.78 is 0. The molecule has 0 unspecified atom stereocenters. The molecule has 1 N–H and O–H groups in total. The predicted molar refractivity (Wildman–Crippen MR) is 54.3 cm³/mol. The van der Waals surface area contributed by atoms with Crippen LogP contribution >= 0.6 is 0 Å². The minimum Gasteiger partial charge on any atom is -0.316 e. The van der Waals surface area contributed by atoms with E-state index in [1.807, 2.05) is 0 Å². The molecule has 0 aromatic carbocycles. The van der Waals surface area contributed by atoms with Gasteiger partial charge in [-0.05, 0) is 24.2 Å². The molecular formula is C11H23N. The van der Waals surface area contributed by atoms with Gasteiger partial charge in [0.2, 0.25) is 0 Å². The Bertz CT molecular complexity index is 119. The van der Waals surface area contributed by atoms with Gasteiger partial charge in [-0.3, -0.25) is 0 Å². The molecule has 1 fully saturated rings. The maximum atomic E-state index is 3.39. The second-order valence-electron chi connectivity index (χ2n) is 4.74. The highest BCUT2D eigenvalue weighted by Gasteiger charge is 2.33. The van der Waals surface area contributed by atoms with E-state index in [-0.39, 0.29) is 0 Å². The molecular weight excluding hydrogens is 146 g/mol. The Morgan fingerprint density at radius 1 is 1.33 bits per heavy atom. The molecule has 0 bridgehead atoms. The summed E-state index contributed by atoms with van der Waals surface area (Å²) in [5.74, 6) is 0.881. The Labute approximate surface area is 76.9 Å². The van der Waals surface area contributed by atoms with E-state index in [0.29, 0.717) is 5.41 Å². The summed E-state index contributed by atoms with van der Waals surface area (Å²) in [7, 11) is 0. The van der Waals surface area contributed by atoms with Crippen LogP contribution in [-0.2, 0) is 0 Å². The lowest BCUT2D eigenvalue weighted by Crippen LogP contribution is -2.52. The second kappa shape index (κ2) is 4.27. The molecule has 1 rings (SSSR count). The van der Waals surface area contributed by atoms with E-state index in [2.05, 4.69) is 26.1 Å². The fraction of sp³-hybridized carbons (Fsp3) is 1.00. The van der Waals surface area contributed by atoms with Crippen molar-refractivity contribution < 1.29 is 0 Å². The van der Waals surface area contributed by atoms with Crippen LogP contribution in [0.4, 0.5) is 0 Å². The van der Waals surface area contributed by atoms with Crippen molar-refractivity contribution in [2.24, 2.45) is 11.3 Å². The summed E-state index contributed by atoms with van der Waals surface area (Å²) in [6.45, 7) is 9.49. The van der Waals surface area contributed by atoms with E-state index >= 15 is 0 Å². The molecule has 1 heteroatoms. The van der Waals surface area contributed by atoms with Crippen molar-refractivity contribution in [1.82, 2.24) is 5.32 Å². The number of rotatable bonds is 5. The quantitative estimate of drug-likeness (QED) is 0.667. The summed E-state index contributed by atoms with van der Waals surface area (Å²) in [5.41, 5.74) is 0.689. The third-order valence-electron chi connectivity index (χ3n) is 3.24. The summed E-state index contributed by atoms with van der Waals surface area (Å²) >= 11 is 0. The highest BCUT2D eigenvalue weighted by molar-refractivity contribution is 4.90. The van der Waals surface area contributed by atoms with Gasteiger partial charge in [0.15, 0.2) is 0 Å². The molecule has 0 aromatic rings. The molecule has 1 heterocycles. The molecule has 12 heavy (non-hydrogen) atoms. The molecule has 1 aliphatic heterocycles. The fourth-order valence-corrected chi connectivity index (χ4v) is 1.97. The maximum absolute atomic E-state index is 3.39. The van der Waals surface area contributed by atoms with Gasteiger partial charge in [0.25, 0.3) is 0 Å². The first kappa shape index (κ1) is 10.0. The highest BCUT2D eigenvalue weighted by Crippen LogP contribution is 2.33. The van der Waals surface area contributed by atoms with Gasteiger partial charge in [0, 0.05) is 13.1 Å². The first-order valence-corrected chi connectivity index (χ1v) is 5.39. The molecule has 1 nitrogen and oxygen atoms in total. The van der Waals surface area contributed by atoms with Crippen LogP contribution in [0.25, 0.3) is 0 Å². The Hall–Kier alpha value is -0.0400. The lowest BCUT2D eigenvalue weighted by atomic mass is 9.75. The van der Waals surface area contributed by atoms with Gasteiger partial charge in [-0.2, -0.15) is 0 Å². The summed E-state index contributed by atoms with van der Waals surface area (Å²) in [6.07, 6.45) is 5.63. The molecule has 1 aliphatic rings. The third-order valence-corrected chi connectivity index (χ3v) is 3.24. The first-order valence-electron chi connectivity index (χ1n) is 5.39. The molecule has 0 aromatic heterocycles. The van der Waals surface area contributed by atoms with Crippen molar-refractivity contribution in [2.75, 3.05) is 13.1 Å². The Balaban J connectivity index is 2.12. The second-order valence-corrected chi connectivity index (χ2v) is 4.74. The average Bonchev–Trinajstić information content (AvgIpc) is 1.94. The Morgan fingerprint density at radius 3 is 2.33 bits per heavy atom. The first-order chi connectivity index (χ1) is 5.68. The lowest BCUT2D eigenvalue weighted by molar-refractivity contribution is 0.139. The largest absolute Gasteiger partial charge is 0.316 e. The van der Waals surface area contributed by atoms with Crippen LogP contribution in [0.2, 0.25) is 0 Å². The molecule has 0 amide bonds. The molecule has 0 radical (unpaired) electrons. The van der Waals surface area contributed by atoms with Crippen molar-refractivity contribution in [3.63, 3.8) is 0 Å². The monoisotopic (exact) mass is 169 g/mol. The van der Waals surface area contributed by atoms with Gasteiger partial charge in [-0.1, -0.05) is 33.6 Å². The molecule has 0 spiro atoms. The standard InChI is InChI=1S/C11H23N/c1-4-11(8-12-9-11)7-5-6-10(2)3/h10,12H,4-9H2,1-3H3. The Morgan fingerprint density at radius 2 is 2.00 bits per heavy atom. The third kappa shape index (κ3) is 2.48. The van der Waals surface area contributed by atoms with E-state index in [1.54, 1.807) is 0 Å². The highest BCUT2D eigenvalue weighted by atomic mass is 15.0. The minimum absolute atomic E-state index is 0.689. The maximum Gasteiger partial charge on any atom is 0.00201 e. The van der Waals surface area contributed by atoms with Crippen LogP contribution in [0.5, 0.6) is 0 Å². The van der Waals surface area contributed by atoms with Crippen molar-refractivity contribution in [3.8, 4) is 0 Å². The molecule has 1 saturated heterocycles. The van der Waals surface area contributed by atoms with Gasteiger partial charge in [-0.25, -0.2) is 0 Å². The summed E-state index contributed by atoms with van der Waals surface area (Å²) in [5, 5.41) is 3.39. The van der Waals surface area contributed by atoms with Crippen LogP contribution in [0, 0.1) is 11.3 Å². The van der Waals surface area contributed by atoms with Crippen LogP contribution in [0.1, 0.15) is 46.5 Å². The van der Waals surface area contributed by atoms with Crippen LogP contribution in [0.3, 0.4) is 0 Å². The van der Waals surface area contributed by atoms with E-state index in [1.165, 1.54) is 38.8 Å². The van der Waals surface area contributed by atoms with Gasteiger partial charge < -0.3 is 5.32 Å². The SMILES string of the molecule is CCC1(CCCC(C)C)CNC1. The predicted octanol–water partition coefficient (Wildman–Crippen LogP) is 2.81. The zero-order valence-corrected chi connectivity index (χ0v) is 8.82. The van der Waals surface area contributed by atoms with Gasteiger partial charge in [0.1, 0.15) is 0 Å². The summed E-state index contributed by atoms with van der Waals surface area (Å²) in [4.78, 5) is 0. The van der Waals surface area contributed by atoms with E-state index in [4.69, 9.17) is 0 Å². The molecule has 0 saturated carbocycles. The van der Waals surface area contributed by atoms with Crippen LogP contribution < -0.4 is 5.32 Å². The van der Waals surface area contributed by atoms with E-state index in [0.717, 1.165) is 5.92 Å².